The summed E-state index contributed by atoms with van der Waals surface area (Å²) in [5, 5.41) is 13.9. The molecule has 25 heavy (non-hydrogen) atoms. The van der Waals surface area contributed by atoms with Gasteiger partial charge in [-0.2, -0.15) is 0 Å². The minimum absolute atomic E-state index is 0.0412. The molecule has 8 nitrogen and oxygen atoms in total. The molecule has 0 aliphatic carbocycles. The summed E-state index contributed by atoms with van der Waals surface area (Å²) in [7, 11) is 0. The van der Waals surface area contributed by atoms with Crippen LogP contribution in [0, 0.1) is 16.0 Å². The average Bonchev–Trinajstić information content (AvgIpc) is 2.55. The Morgan fingerprint density at radius 1 is 1.48 bits per heavy atom. The molecule has 136 valence electrons. The number of esters is 1. The number of rotatable bonds is 6. The first-order valence-corrected chi connectivity index (χ1v) is 8.41. The van der Waals surface area contributed by atoms with Gasteiger partial charge in [0.25, 0.3) is 5.69 Å². The maximum absolute atomic E-state index is 12.2. The van der Waals surface area contributed by atoms with Gasteiger partial charge in [-0.15, -0.1) is 0 Å². The van der Waals surface area contributed by atoms with E-state index >= 15 is 0 Å². The Kier molecular flexibility index (Phi) is 6.72. The number of nitrogens with zero attached hydrogens (tertiary/aromatic N) is 2. The predicted octanol–water partition coefficient (Wildman–Crippen LogP) is 2.46. The number of piperidine rings is 1. The fraction of sp³-hybridized carbons (Fsp3) is 0.500. The van der Waals surface area contributed by atoms with E-state index in [2.05, 4.69) is 5.32 Å². The molecule has 1 amide bonds. The molecule has 0 spiro atoms. The third-order valence-corrected chi connectivity index (χ3v) is 4.16. The second-order valence-corrected chi connectivity index (χ2v) is 6.23. The summed E-state index contributed by atoms with van der Waals surface area (Å²) in [6.07, 6.45) is 1.52. The number of amides is 1. The van der Waals surface area contributed by atoms with Gasteiger partial charge in [-0.05, 0) is 38.4 Å². The molecule has 1 aromatic carbocycles. The predicted molar refractivity (Wildman–Crippen MR) is 92.5 cm³/mol. The lowest BCUT2D eigenvalue weighted by Crippen LogP contribution is -2.43. The summed E-state index contributed by atoms with van der Waals surface area (Å²) in [5.41, 5.74) is -0.165. The SMILES string of the molecule is CCOC(=O)C1CCCN(CC(=O)Nc2cc(Cl)ccc2[N+](=O)[O-])C1. The van der Waals surface area contributed by atoms with Crippen LogP contribution in [0.1, 0.15) is 19.8 Å². The van der Waals surface area contributed by atoms with Crippen molar-refractivity contribution in [3.63, 3.8) is 0 Å². The van der Waals surface area contributed by atoms with E-state index in [1.165, 1.54) is 18.2 Å². The lowest BCUT2D eigenvalue weighted by molar-refractivity contribution is -0.383. The van der Waals surface area contributed by atoms with Gasteiger partial charge < -0.3 is 10.1 Å². The van der Waals surface area contributed by atoms with Crippen LogP contribution in [0.3, 0.4) is 0 Å². The van der Waals surface area contributed by atoms with Gasteiger partial charge in [-0.1, -0.05) is 11.6 Å². The van der Waals surface area contributed by atoms with E-state index in [1.54, 1.807) is 6.92 Å². The Hall–Kier alpha value is -2.19. The number of carbonyl (C=O) groups excluding carboxylic acids is 2. The minimum atomic E-state index is -0.580. The highest BCUT2D eigenvalue weighted by atomic mass is 35.5. The van der Waals surface area contributed by atoms with Crippen molar-refractivity contribution in [2.24, 2.45) is 5.92 Å². The van der Waals surface area contributed by atoms with Crippen molar-refractivity contribution in [2.75, 3.05) is 31.6 Å². The van der Waals surface area contributed by atoms with Crippen LogP contribution >= 0.6 is 11.6 Å². The van der Waals surface area contributed by atoms with Gasteiger partial charge in [0.2, 0.25) is 5.91 Å². The smallest absolute Gasteiger partial charge is 0.310 e. The average molecular weight is 370 g/mol. The van der Waals surface area contributed by atoms with E-state index < -0.39 is 10.8 Å². The van der Waals surface area contributed by atoms with Crippen molar-refractivity contribution < 1.29 is 19.2 Å². The molecular weight excluding hydrogens is 350 g/mol. The molecule has 0 bridgehead atoms. The molecule has 0 aromatic heterocycles. The molecule has 1 aromatic rings. The standard InChI is InChI=1S/C16H20ClN3O5/c1-2-25-16(22)11-4-3-7-19(9-11)10-15(21)18-13-8-12(17)5-6-14(13)20(23)24/h5-6,8,11H,2-4,7,9-10H2,1H3,(H,18,21). The van der Waals surface area contributed by atoms with Gasteiger partial charge in [0.1, 0.15) is 5.69 Å². The summed E-state index contributed by atoms with van der Waals surface area (Å²) in [6, 6.07) is 3.98. The van der Waals surface area contributed by atoms with Gasteiger partial charge in [0.05, 0.1) is 24.0 Å². The number of nitro benzene ring substituents is 1. The number of ether oxygens (including phenoxy) is 1. The molecule has 1 unspecified atom stereocenters. The van der Waals surface area contributed by atoms with Crippen LogP contribution in [0.25, 0.3) is 0 Å². The molecule has 1 fully saturated rings. The first kappa shape index (κ1) is 19.1. The van der Waals surface area contributed by atoms with Gasteiger partial charge in [-0.25, -0.2) is 0 Å². The molecule has 1 aliphatic rings. The topological polar surface area (TPSA) is 102 Å². The Labute approximate surface area is 150 Å². The largest absolute Gasteiger partial charge is 0.466 e. The molecule has 1 N–H and O–H groups in total. The van der Waals surface area contributed by atoms with Gasteiger partial charge in [0.15, 0.2) is 0 Å². The molecule has 0 saturated carbocycles. The van der Waals surface area contributed by atoms with Crippen molar-refractivity contribution in [2.45, 2.75) is 19.8 Å². The van der Waals surface area contributed by atoms with E-state index in [0.29, 0.717) is 24.7 Å². The zero-order valence-corrected chi connectivity index (χ0v) is 14.6. The normalized spacial score (nSPS) is 17.8. The van der Waals surface area contributed by atoms with E-state index in [0.717, 1.165) is 12.8 Å². The summed E-state index contributed by atoms with van der Waals surface area (Å²) in [4.78, 5) is 36.4. The van der Waals surface area contributed by atoms with Gasteiger partial charge in [-0.3, -0.25) is 24.6 Å². The number of hydrogen-bond acceptors (Lipinski definition) is 6. The minimum Gasteiger partial charge on any atom is -0.466 e. The number of nitro groups is 1. The number of benzene rings is 1. The first-order valence-electron chi connectivity index (χ1n) is 8.03. The van der Waals surface area contributed by atoms with E-state index in [-0.39, 0.29) is 29.8 Å². The lowest BCUT2D eigenvalue weighted by Gasteiger charge is -2.30. The first-order chi connectivity index (χ1) is 11.9. The van der Waals surface area contributed by atoms with Crippen molar-refractivity contribution in [3.05, 3.63) is 33.3 Å². The quantitative estimate of drug-likeness (QED) is 0.469. The zero-order valence-electron chi connectivity index (χ0n) is 13.9. The summed E-state index contributed by atoms with van der Waals surface area (Å²) < 4.78 is 5.03. The Bertz CT molecular complexity index is 667. The number of hydrogen-bond donors (Lipinski definition) is 1. The lowest BCUT2D eigenvalue weighted by atomic mass is 9.98. The molecule has 2 rings (SSSR count). The Morgan fingerprint density at radius 3 is 2.92 bits per heavy atom. The number of carbonyl (C=O) groups is 2. The van der Waals surface area contributed by atoms with E-state index in [9.17, 15) is 19.7 Å². The van der Waals surface area contributed by atoms with Crippen LogP contribution in [0.15, 0.2) is 18.2 Å². The molecule has 1 heterocycles. The number of nitrogens with one attached hydrogen (secondary N) is 1. The van der Waals surface area contributed by atoms with Crippen LogP contribution in [-0.4, -0.2) is 47.9 Å². The Balaban J connectivity index is 1.97. The Morgan fingerprint density at radius 2 is 2.24 bits per heavy atom. The summed E-state index contributed by atoms with van der Waals surface area (Å²) >= 11 is 5.84. The highest BCUT2D eigenvalue weighted by Gasteiger charge is 2.28. The fourth-order valence-corrected chi connectivity index (χ4v) is 2.98. The van der Waals surface area contributed by atoms with Crippen molar-refractivity contribution in [3.8, 4) is 0 Å². The van der Waals surface area contributed by atoms with Crippen LogP contribution < -0.4 is 5.32 Å². The van der Waals surface area contributed by atoms with Crippen LogP contribution in [0.2, 0.25) is 5.02 Å². The number of halogens is 1. The number of anilines is 1. The van der Waals surface area contributed by atoms with Crippen molar-refractivity contribution in [1.29, 1.82) is 0 Å². The van der Waals surface area contributed by atoms with Crippen LogP contribution in [0.4, 0.5) is 11.4 Å². The molecule has 1 saturated heterocycles. The monoisotopic (exact) mass is 369 g/mol. The molecule has 1 atom stereocenters. The van der Waals surface area contributed by atoms with Crippen LogP contribution in [0.5, 0.6) is 0 Å². The van der Waals surface area contributed by atoms with Crippen molar-refractivity contribution >= 4 is 34.9 Å². The van der Waals surface area contributed by atoms with E-state index in [1.807, 2.05) is 4.90 Å². The molecular formula is C16H20ClN3O5. The molecule has 9 heteroatoms. The maximum atomic E-state index is 12.2. The third-order valence-electron chi connectivity index (χ3n) is 3.92. The number of likely N-dealkylation sites (tertiary alicyclic amines) is 1. The van der Waals surface area contributed by atoms with Crippen molar-refractivity contribution in [1.82, 2.24) is 4.90 Å². The highest BCUT2D eigenvalue weighted by molar-refractivity contribution is 6.31. The summed E-state index contributed by atoms with van der Waals surface area (Å²) in [6.45, 7) is 3.24. The molecule has 0 radical (unpaired) electrons. The summed E-state index contributed by atoms with van der Waals surface area (Å²) in [5.74, 6) is -0.894. The zero-order chi connectivity index (χ0) is 18.4. The van der Waals surface area contributed by atoms with E-state index in [4.69, 9.17) is 16.3 Å². The second-order valence-electron chi connectivity index (χ2n) is 5.79. The van der Waals surface area contributed by atoms with Crippen LogP contribution in [-0.2, 0) is 14.3 Å². The highest BCUT2D eigenvalue weighted by Crippen LogP contribution is 2.27. The van der Waals surface area contributed by atoms with Gasteiger partial charge >= 0.3 is 5.97 Å². The van der Waals surface area contributed by atoms with Gasteiger partial charge in [0, 0.05) is 17.6 Å². The molecule has 1 aliphatic heterocycles. The third kappa shape index (κ3) is 5.40. The second kappa shape index (κ2) is 8.77. The fourth-order valence-electron chi connectivity index (χ4n) is 2.81. The maximum Gasteiger partial charge on any atom is 0.310 e.